The van der Waals surface area contributed by atoms with Gasteiger partial charge in [-0.25, -0.2) is 0 Å². The Morgan fingerprint density at radius 3 is 2.86 bits per heavy atom. The van der Waals surface area contributed by atoms with E-state index in [4.69, 9.17) is 14.2 Å². The topological polar surface area (TPSA) is 54.0 Å². The van der Waals surface area contributed by atoms with Crippen molar-refractivity contribution in [3.05, 3.63) is 47.7 Å². The van der Waals surface area contributed by atoms with Gasteiger partial charge in [0.15, 0.2) is 6.29 Å². The Bertz CT molecular complexity index is 539. The molecule has 1 fully saturated rings. The molecule has 3 rings (SSSR count). The monoisotopic (exact) mass is 304 g/mol. The van der Waals surface area contributed by atoms with Crippen molar-refractivity contribution in [2.75, 3.05) is 13.7 Å². The highest BCUT2D eigenvalue weighted by Gasteiger charge is 2.36. The van der Waals surface area contributed by atoms with E-state index in [0.29, 0.717) is 19.4 Å². The van der Waals surface area contributed by atoms with E-state index in [1.807, 2.05) is 36.4 Å². The summed E-state index contributed by atoms with van der Waals surface area (Å²) in [5, 5.41) is 0. The van der Waals surface area contributed by atoms with E-state index in [0.717, 1.165) is 17.7 Å². The highest BCUT2D eigenvalue weighted by atomic mass is 16.7. The molecule has 0 bridgehead atoms. The van der Waals surface area contributed by atoms with Crippen LogP contribution in [0.2, 0.25) is 0 Å². The molecule has 5 heteroatoms. The summed E-state index contributed by atoms with van der Waals surface area (Å²) in [5.74, 6) is 0.587. The van der Waals surface area contributed by atoms with E-state index < -0.39 is 0 Å². The number of hydrogen-bond donors (Lipinski definition) is 0. The Kier molecular flexibility index (Phi) is 4.75. The zero-order valence-electron chi connectivity index (χ0n) is 12.6. The van der Waals surface area contributed by atoms with Crippen molar-refractivity contribution in [3.8, 4) is 0 Å². The zero-order chi connectivity index (χ0) is 15.4. The van der Waals surface area contributed by atoms with Crippen LogP contribution < -0.4 is 0 Å². The standard InChI is InChI=1S/C17H20O5/c1-19-16(18)10-8-13-7-9-14-15(21-13)11-20-17(22-14)12-5-3-2-4-6-12/h2-7,14-15,17H,8-11H2,1H3/t14-,15+,17+/m0/s1. The highest BCUT2D eigenvalue weighted by Crippen LogP contribution is 2.33. The number of fused-ring (bicyclic) bond motifs is 1. The molecule has 0 amide bonds. The maximum Gasteiger partial charge on any atom is 0.305 e. The molecule has 0 saturated carbocycles. The Balaban J connectivity index is 1.57. The molecule has 0 aliphatic carbocycles. The van der Waals surface area contributed by atoms with Crippen molar-refractivity contribution in [1.82, 2.24) is 0 Å². The van der Waals surface area contributed by atoms with Crippen molar-refractivity contribution >= 4 is 5.97 Å². The second kappa shape index (κ2) is 6.94. The molecule has 1 saturated heterocycles. The summed E-state index contributed by atoms with van der Waals surface area (Å²) in [5.41, 5.74) is 1.02. The van der Waals surface area contributed by atoms with Gasteiger partial charge >= 0.3 is 5.97 Å². The van der Waals surface area contributed by atoms with E-state index in [9.17, 15) is 4.79 Å². The predicted octanol–water partition coefficient (Wildman–Crippen LogP) is 2.73. The Hall–Kier alpha value is -1.85. The van der Waals surface area contributed by atoms with Crippen LogP contribution in [-0.2, 0) is 23.7 Å². The van der Waals surface area contributed by atoms with Crippen LogP contribution in [0.15, 0.2) is 42.2 Å². The smallest absolute Gasteiger partial charge is 0.305 e. The fraction of sp³-hybridized carbons (Fsp3) is 0.471. The molecule has 2 aliphatic heterocycles. The molecule has 0 N–H and O–H groups in total. The first-order valence-electron chi connectivity index (χ1n) is 7.51. The van der Waals surface area contributed by atoms with Gasteiger partial charge in [-0.15, -0.1) is 0 Å². The fourth-order valence-electron chi connectivity index (χ4n) is 2.66. The number of ether oxygens (including phenoxy) is 4. The molecular weight excluding hydrogens is 284 g/mol. The summed E-state index contributed by atoms with van der Waals surface area (Å²) in [6.45, 7) is 0.486. The SMILES string of the molecule is COC(=O)CCC1=CC[C@@H]2O[C@H](c3ccccc3)OC[C@H]2O1. The second-order valence-electron chi connectivity index (χ2n) is 5.39. The van der Waals surface area contributed by atoms with Crippen LogP contribution in [0.3, 0.4) is 0 Å². The number of rotatable bonds is 4. The first-order chi connectivity index (χ1) is 10.8. The Morgan fingerprint density at radius 1 is 1.27 bits per heavy atom. The van der Waals surface area contributed by atoms with Gasteiger partial charge in [-0.1, -0.05) is 30.3 Å². The number of esters is 1. The van der Waals surface area contributed by atoms with Gasteiger partial charge in [-0.05, 0) is 12.5 Å². The van der Waals surface area contributed by atoms with Gasteiger partial charge in [0.1, 0.15) is 12.2 Å². The summed E-state index contributed by atoms with van der Waals surface area (Å²) in [4.78, 5) is 11.2. The number of carbonyl (C=O) groups is 1. The largest absolute Gasteiger partial charge is 0.490 e. The maximum atomic E-state index is 11.2. The number of allylic oxidation sites excluding steroid dienone is 1. The van der Waals surface area contributed by atoms with Crippen LogP contribution in [-0.4, -0.2) is 31.9 Å². The van der Waals surface area contributed by atoms with Crippen LogP contribution in [0.5, 0.6) is 0 Å². The van der Waals surface area contributed by atoms with Crippen molar-refractivity contribution in [1.29, 1.82) is 0 Å². The molecule has 1 aromatic carbocycles. The first kappa shape index (κ1) is 15.1. The van der Waals surface area contributed by atoms with Crippen molar-refractivity contribution in [2.45, 2.75) is 37.8 Å². The third kappa shape index (κ3) is 3.48. The van der Waals surface area contributed by atoms with E-state index >= 15 is 0 Å². The van der Waals surface area contributed by atoms with E-state index in [1.165, 1.54) is 7.11 Å². The molecule has 0 aromatic heterocycles. The molecule has 5 nitrogen and oxygen atoms in total. The molecule has 118 valence electrons. The maximum absolute atomic E-state index is 11.2. The lowest BCUT2D eigenvalue weighted by Crippen LogP contribution is -2.43. The van der Waals surface area contributed by atoms with E-state index in [2.05, 4.69) is 4.74 Å². The van der Waals surface area contributed by atoms with Gasteiger partial charge in [-0.3, -0.25) is 4.79 Å². The third-order valence-electron chi connectivity index (χ3n) is 3.88. The average molecular weight is 304 g/mol. The average Bonchev–Trinajstić information content (AvgIpc) is 2.59. The lowest BCUT2D eigenvalue weighted by molar-refractivity contribution is -0.262. The van der Waals surface area contributed by atoms with E-state index in [1.54, 1.807) is 0 Å². The summed E-state index contributed by atoms with van der Waals surface area (Å²) >= 11 is 0. The summed E-state index contributed by atoms with van der Waals surface area (Å²) in [6.07, 6.45) is 3.19. The number of hydrogen-bond acceptors (Lipinski definition) is 5. The summed E-state index contributed by atoms with van der Waals surface area (Å²) in [6, 6.07) is 9.89. The molecular formula is C17H20O5. The molecule has 0 spiro atoms. The van der Waals surface area contributed by atoms with Crippen molar-refractivity contribution < 1.29 is 23.7 Å². The lowest BCUT2D eigenvalue weighted by Gasteiger charge is -2.39. The zero-order valence-corrected chi connectivity index (χ0v) is 12.6. The summed E-state index contributed by atoms with van der Waals surface area (Å²) < 4.78 is 22.3. The van der Waals surface area contributed by atoms with E-state index in [-0.39, 0.29) is 24.5 Å². The van der Waals surface area contributed by atoms with Gasteiger partial charge in [0, 0.05) is 12.0 Å². The van der Waals surface area contributed by atoms with Gasteiger partial charge in [0.05, 0.1) is 25.9 Å². The molecule has 22 heavy (non-hydrogen) atoms. The fourth-order valence-corrected chi connectivity index (χ4v) is 2.66. The molecule has 2 heterocycles. The number of methoxy groups -OCH3 is 1. The van der Waals surface area contributed by atoms with Crippen LogP contribution in [0.4, 0.5) is 0 Å². The Labute approximate surface area is 129 Å². The normalized spacial score (nSPS) is 27.3. The summed E-state index contributed by atoms with van der Waals surface area (Å²) in [7, 11) is 1.39. The van der Waals surface area contributed by atoms with Crippen LogP contribution in [0, 0.1) is 0 Å². The Morgan fingerprint density at radius 2 is 2.09 bits per heavy atom. The molecule has 2 aliphatic rings. The van der Waals surface area contributed by atoms with Gasteiger partial charge in [-0.2, -0.15) is 0 Å². The van der Waals surface area contributed by atoms with Crippen LogP contribution in [0.25, 0.3) is 0 Å². The molecule has 0 unspecified atom stereocenters. The minimum atomic E-state index is -0.337. The number of carbonyl (C=O) groups excluding carboxylic acids is 1. The molecule has 3 atom stereocenters. The second-order valence-corrected chi connectivity index (χ2v) is 5.39. The highest BCUT2D eigenvalue weighted by molar-refractivity contribution is 5.69. The molecule has 1 aromatic rings. The number of benzene rings is 1. The quantitative estimate of drug-likeness (QED) is 0.801. The minimum Gasteiger partial charge on any atom is -0.490 e. The minimum absolute atomic E-state index is 0.0131. The lowest BCUT2D eigenvalue weighted by atomic mass is 10.0. The van der Waals surface area contributed by atoms with Crippen LogP contribution >= 0.6 is 0 Å². The van der Waals surface area contributed by atoms with Gasteiger partial charge in [0.2, 0.25) is 0 Å². The van der Waals surface area contributed by atoms with Gasteiger partial charge in [0.25, 0.3) is 0 Å². The van der Waals surface area contributed by atoms with Gasteiger partial charge < -0.3 is 18.9 Å². The first-order valence-corrected chi connectivity index (χ1v) is 7.51. The predicted molar refractivity (Wildman–Crippen MR) is 78.8 cm³/mol. The van der Waals surface area contributed by atoms with Crippen molar-refractivity contribution in [3.63, 3.8) is 0 Å². The van der Waals surface area contributed by atoms with Crippen LogP contribution in [0.1, 0.15) is 31.1 Å². The van der Waals surface area contributed by atoms with Crippen molar-refractivity contribution in [2.24, 2.45) is 0 Å². The molecule has 0 radical (unpaired) electrons. The third-order valence-corrected chi connectivity index (χ3v) is 3.88.